The Bertz CT molecular complexity index is 1340. The number of nitrogens with zero attached hydrogens (tertiary/aromatic N) is 1. The van der Waals surface area contributed by atoms with Gasteiger partial charge in [0.15, 0.2) is 0 Å². The van der Waals surface area contributed by atoms with Crippen LogP contribution in [0.4, 0.5) is 17.1 Å². The summed E-state index contributed by atoms with van der Waals surface area (Å²) >= 11 is 0. The van der Waals surface area contributed by atoms with Crippen molar-refractivity contribution in [2.75, 3.05) is 15.4 Å². The lowest BCUT2D eigenvalue weighted by Crippen LogP contribution is -2.51. The van der Waals surface area contributed by atoms with Gasteiger partial charge in [-0.05, 0) is 83.9 Å². The molecule has 0 saturated heterocycles. The Morgan fingerprint density at radius 3 is 1.64 bits per heavy atom. The molecule has 0 spiro atoms. The summed E-state index contributed by atoms with van der Waals surface area (Å²) in [4.78, 5) is 2.63. The van der Waals surface area contributed by atoms with E-state index in [1.807, 2.05) is 0 Å². The van der Waals surface area contributed by atoms with Gasteiger partial charge in [-0.2, -0.15) is 0 Å². The number of benzene rings is 4. The number of rotatable bonds is 7. The number of nitrogens with one attached hydrogen (secondary N) is 2. The third-order valence-corrected chi connectivity index (χ3v) is 8.27. The summed E-state index contributed by atoms with van der Waals surface area (Å²) in [5.41, 5.74) is 14.2. The van der Waals surface area contributed by atoms with Gasteiger partial charge in [-0.1, -0.05) is 107 Å². The molecule has 1 atom stereocenters. The zero-order chi connectivity index (χ0) is 27.8. The van der Waals surface area contributed by atoms with Crippen LogP contribution in [0.3, 0.4) is 0 Å². The van der Waals surface area contributed by atoms with Gasteiger partial charge in [0.25, 0.3) is 0 Å². The first-order valence-electron chi connectivity index (χ1n) is 14.3. The minimum absolute atomic E-state index is 0.0276. The Labute approximate surface area is 235 Å². The van der Waals surface area contributed by atoms with E-state index in [0.29, 0.717) is 11.8 Å². The van der Waals surface area contributed by atoms with Gasteiger partial charge < -0.3 is 15.4 Å². The second-order valence-corrected chi connectivity index (χ2v) is 11.8. The van der Waals surface area contributed by atoms with Crippen molar-refractivity contribution in [2.45, 2.75) is 73.4 Å². The summed E-state index contributed by atoms with van der Waals surface area (Å²) in [7, 11) is 0. The highest BCUT2D eigenvalue weighted by molar-refractivity contribution is 6.81. The van der Waals surface area contributed by atoms with Gasteiger partial charge in [0.1, 0.15) is 6.17 Å². The first-order chi connectivity index (χ1) is 18.7. The van der Waals surface area contributed by atoms with Crippen molar-refractivity contribution in [3.63, 3.8) is 0 Å². The third-order valence-electron chi connectivity index (χ3n) is 8.27. The molecule has 0 radical (unpaired) electrons. The van der Waals surface area contributed by atoms with Gasteiger partial charge >= 0.3 is 6.98 Å². The maximum atomic E-state index is 4.05. The molecule has 4 aromatic carbocycles. The Balaban J connectivity index is 1.78. The molecule has 1 heterocycles. The van der Waals surface area contributed by atoms with Gasteiger partial charge in [-0.15, -0.1) is 0 Å². The van der Waals surface area contributed by atoms with Crippen LogP contribution in [0, 0.1) is 27.7 Å². The van der Waals surface area contributed by atoms with Crippen LogP contribution < -0.4 is 20.8 Å². The molecule has 200 valence electrons. The molecule has 4 aromatic rings. The van der Waals surface area contributed by atoms with E-state index in [9.17, 15) is 0 Å². The molecule has 0 fully saturated rings. The molecule has 4 heteroatoms. The molecule has 0 unspecified atom stereocenters. The molecule has 0 bridgehead atoms. The van der Waals surface area contributed by atoms with E-state index < -0.39 is 0 Å². The number of para-hydroxylation sites is 3. The summed E-state index contributed by atoms with van der Waals surface area (Å²) in [5.74, 6) is 0.785. The molecule has 5 rings (SSSR count). The molecule has 3 nitrogen and oxygen atoms in total. The Morgan fingerprint density at radius 1 is 0.615 bits per heavy atom. The molecule has 2 N–H and O–H groups in total. The molecule has 0 amide bonds. The van der Waals surface area contributed by atoms with Crippen LogP contribution in [0.5, 0.6) is 0 Å². The summed E-state index contributed by atoms with van der Waals surface area (Å²) < 4.78 is 0. The Hall–Kier alpha value is -3.66. The average Bonchev–Trinajstić information content (AvgIpc) is 3.20. The van der Waals surface area contributed by atoms with Crippen molar-refractivity contribution in [3.8, 4) is 0 Å². The van der Waals surface area contributed by atoms with E-state index >= 15 is 0 Å². The summed E-state index contributed by atoms with van der Waals surface area (Å²) in [5, 5.41) is 8.09. The molecule has 39 heavy (non-hydrogen) atoms. The fourth-order valence-corrected chi connectivity index (χ4v) is 6.18. The fraction of sp³-hybridized carbons (Fsp3) is 0.314. The highest BCUT2D eigenvalue weighted by Gasteiger charge is 2.45. The number of hydrogen-bond donors (Lipinski definition) is 2. The lowest BCUT2D eigenvalue weighted by molar-refractivity contribution is 0.785. The van der Waals surface area contributed by atoms with E-state index in [2.05, 4.69) is 150 Å². The van der Waals surface area contributed by atoms with Gasteiger partial charge in [0.05, 0.1) is 0 Å². The standard InChI is InChI=1S/C35H42BN3/c1-22(2)28-19-13-20-29(23(3)4)34(28)39-35(37-32-24(5)14-11-15-25(32)6)30-18-9-10-21-31(30)36(39)38-33-26(7)16-12-17-27(33)8/h9-23,35,37-38H,1-8H3/t35-/m1/s1. The topological polar surface area (TPSA) is 27.3 Å². The minimum atomic E-state index is -0.0276. The van der Waals surface area contributed by atoms with Gasteiger partial charge in [0.2, 0.25) is 0 Å². The van der Waals surface area contributed by atoms with Crippen molar-refractivity contribution in [1.29, 1.82) is 0 Å². The van der Waals surface area contributed by atoms with Crippen molar-refractivity contribution < 1.29 is 0 Å². The van der Waals surface area contributed by atoms with Crippen LogP contribution in [0.15, 0.2) is 78.9 Å². The molecular weight excluding hydrogens is 473 g/mol. The Morgan fingerprint density at radius 2 is 1.10 bits per heavy atom. The van der Waals surface area contributed by atoms with Crippen LogP contribution in [0.1, 0.15) is 84.6 Å². The van der Waals surface area contributed by atoms with Gasteiger partial charge in [-0.25, -0.2) is 0 Å². The largest absolute Gasteiger partial charge is 0.411 e. The third kappa shape index (κ3) is 4.93. The zero-order valence-corrected chi connectivity index (χ0v) is 24.8. The van der Waals surface area contributed by atoms with Gasteiger partial charge in [-0.3, -0.25) is 0 Å². The predicted molar refractivity (Wildman–Crippen MR) is 171 cm³/mol. The summed E-state index contributed by atoms with van der Waals surface area (Å²) in [6.07, 6.45) is -0.0276. The second-order valence-electron chi connectivity index (χ2n) is 11.8. The zero-order valence-electron chi connectivity index (χ0n) is 24.8. The number of hydrogen-bond acceptors (Lipinski definition) is 3. The van der Waals surface area contributed by atoms with Crippen LogP contribution >= 0.6 is 0 Å². The van der Waals surface area contributed by atoms with Crippen molar-refractivity contribution in [2.24, 2.45) is 0 Å². The lowest BCUT2D eigenvalue weighted by Gasteiger charge is -2.38. The van der Waals surface area contributed by atoms with Crippen molar-refractivity contribution >= 4 is 29.5 Å². The SMILES string of the molecule is Cc1cccc(C)c1NB1c2ccccc2[C@H](Nc2c(C)cccc2C)N1c1c(C(C)C)cccc1C(C)C. The van der Waals surface area contributed by atoms with Crippen LogP contribution in [-0.4, -0.2) is 6.98 Å². The quantitative estimate of drug-likeness (QED) is 0.241. The van der Waals surface area contributed by atoms with Gasteiger partial charge in [0, 0.05) is 17.1 Å². The van der Waals surface area contributed by atoms with E-state index in [1.54, 1.807) is 0 Å². The van der Waals surface area contributed by atoms with E-state index in [4.69, 9.17) is 0 Å². The number of aryl methyl sites for hydroxylation is 4. The number of fused-ring (bicyclic) bond motifs is 1. The van der Waals surface area contributed by atoms with Crippen molar-refractivity contribution in [3.05, 3.63) is 118 Å². The monoisotopic (exact) mass is 515 g/mol. The highest BCUT2D eigenvalue weighted by atomic mass is 15.3. The van der Waals surface area contributed by atoms with E-state index in [1.165, 1.54) is 61.5 Å². The second kappa shape index (κ2) is 10.8. The lowest BCUT2D eigenvalue weighted by atomic mass is 9.66. The average molecular weight is 516 g/mol. The number of anilines is 3. The van der Waals surface area contributed by atoms with Crippen LogP contribution in [0.25, 0.3) is 0 Å². The summed E-state index contributed by atoms with van der Waals surface area (Å²) in [6, 6.07) is 28.9. The molecule has 1 aliphatic heterocycles. The predicted octanol–water partition coefficient (Wildman–Crippen LogP) is 8.61. The van der Waals surface area contributed by atoms with Crippen LogP contribution in [-0.2, 0) is 0 Å². The Kier molecular flexibility index (Phi) is 7.49. The van der Waals surface area contributed by atoms with Crippen LogP contribution in [0.2, 0.25) is 0 Å². The van der Waals surface area contributed by atoms with E-state index in [-0.39, 0.29) is 13.1 Å². The maximum Gasteiger partial charge on any atom is 0.411 e. The summed E-state index contributed by atoms with van der Waals surface area (Å²) in [6.45, 7) is 18.0. The van der Waals surface area contributed by atoms with Crippen molar-refractivity contribution in [1.82, 2.24) is 0 Å². The maximum absolute atomic E-state index is 4.05. The fourth-order valence-electron chi connectivity index (χ4n) is 6.18. The normalized spacial score (nSPS) is 14.8. The first-order valence-corrected chi connectivity index (χ1v) is 14.3. The first kappa shape index (κ1) is 26.9. The minimum Gasteiger partial charge on any atom is -0.405 e. The highest BCUT2D eigenvalue weighted by Crippen LogP contribution is 2.43. The molecule has 0 saturated carbocycles. The smallest absolute Gasteiger partial charge is 0.405 e. The molecular formula is C35H42BN3. The molecule has 0 aliphatic carbocycles. The molecule has 0 aromatic heterocycles. The van der Waals surface area contributed by atoms with E-state index in [0.717, 1.165) is 0 Å². The molecule has 1 aliphatic rings.